The molecule has 468 valence electrons. The molecule has 0 fully saturated rings. The second-order valence-electron chi connectivity index (χ2n) is 22.2. The summed E-state index contributed by atoms with van der Waals surface area (Å²) in [5.41, 5.74) is 0. The molecule has 17 nitrogen and oxygen atoms in total. The lowest BCUT2D eigenvalue weighted by molar-refractivity contribution is -0.161. The predicted octanol–water partition coefficient (Wildman–Crippen LogP) is 16.2. The number of hydrogen-bond donors (Lipinski definition) is 3. The first-order valence-electron chi connectivity index (χ1n) is 31.6. The number of carbonyl (C=O) groups excluding carboxylic acids is 4. The molecule has 0 amide bonds. The van der Waals surface area contributed by atoms with E-state index in [0.717, 1.165) is 102 Å². The highest BCUT2D eigenvalue weighted by Crippen LogP contribution is 2.45. The van der Waals surface area contributed by atoms with Gasteiger partial charge in [0.05, 0.1) is 26.4 Å². The smallest absolute Gasteiger partial charge is 0.462 e. The summed E-state index contributed by atoms with van der Waals surface area (Å²) in [5, 5.41) is 10.5. The molecule has 0 aliphatic carbocycles. The number of aliphatic hydroxyl groups excluding tert-OH is 1. The van der Waals surface area contributed by atoms with Crippen LogP contribution in [-0.4, -0.2) is 96.7 Å². The molecule has 0 aromatic rings. The lowest BCUT2D eigenvalue weighted by atomic mass is 10.0. The molecule has 3 N–H and O–H groups in total. The van der Waals surface area contributed by atoms with E-state index in [2.05, 4.69) is 34.6 Å². The van der Waals surface area contributed by atoms with Crippen molar-refractivity contribution in [2.75, 3.05) is 39.6 Å². The summed E-state index contributed by atoms with van der Waals surface area (Å²) >= 11 is 0. The van der Waals surface area contributed by atoms with Crippen molar-refractivity contribution < 1.29 is 80.2 Å². The van der Waals surface area contributed by atoms with Crippen LogP contribution in [0.15, 0.2) is 0 Å². The fourth-order valence-corrected chi connectivity index (χ4v) is 10.5. The monoisotopic (exact) mass is 1170 g/mol. The van der Waals surface area contributed by atoms with Crippen molar-refractivity contribution in [3.05, 3.63) is 0 Å². The van der Waals surface area contributed by atoms with Crippen LogP contribution in [0.25, 0.3) is 0 Å². The highest BCUT2D eigenvalue weighted by Gasteiger charge is 2.30. The van der Waals surface area contributed by atoms with E-state index >= 15 is 0 Å². The molecule has 79 heavy (non-hydrogen) atoms. The predicted molar refractivity (Wildman–Crippen MR) is 312 cm³/mol. The number of rotatable bonds is 60. The highest BCUT2D eigenvalue weighted by molar-refractivity contribution is 7.47. The van der Waals surface area contributed by atoms with Gasteiger partial charge in [-0.05, 0) is 31.6 Å². The fourth-order valence-electron chi connectivity index (χ4n) is 8.88. The van der Waals surface area contributed by atoms with Crippen molar-refractivity contribution >= 4 is 39.5 Å². The maximum absolute atomic E-state index is 12.9. The topological polar surface area (TPSA) is 237 Å². The second kappa shape index (κ2) is 54.0. The normalized spacial score (nSPS) is 14.3. The van der Waals surface area contributed by atoms with Gasteiger partial charge < -0.3 is 33.8 Å². The molecule has 0 heterocycles. The van der Waals surface area contributed by atoms with Gasteiger partial charge in [-0.1, -0.05) is 247 Å². The summed E-state index contributed by atoms with van der Waals surface area (Å²) in [6.45, 7) is 6.99. The molecule has 0 aliphatic heterocycles. The molecule has 0 aromatic carbocycles. The standard InChI is InChI=1S/C60H116O17P2/c1-6-9-12-15-16-17-18-19-20-21-24-28-31-36-41-46-60(65)77-56(50-71-58(63)44-39-35-30-27-25-22-23-26-29-34-37-42-53(4)5)52-75-79(68,69)73-48-54(61)47-72-78(66,67)74-51-55(76-59(64)45-40-33-14-11-8-3)49-70-57(62)43-38-32-13-10-7-2/h53-56,61H,6-52H2,1-5H3,(H,66,67)(H,68,69)/t54-,55+,56+/m0/s1. The third kappa shape index (κ3) is 55.0. The Balaban J connectivity index is 5.12. The van der Waals surface area contributed by atoms with Gasteiger partial charge in [-0.3, -0.25) is 37.3 Å². The minimum absolute atomic E-state index is 0.0988. The Morgan fingerprint density at radius 2 is 0.582 bits per heavy atom. The van der Waals surface area contributed by atoms with Gasteiger partial charge in [-0.25, -0.2) is 9.13 Å². The Labute approximate surface area is 479 Å². The van der Waals surface area contributed by atoms with Crippen molar-refractivity contribution in [2.45, 2.75) is 316 Å². The van der Waals surface area contributed by atoms with E-state index in [1.54, 1.807) is 0 Å². The van der Waals surface area contributed by atoms with Crippen LogP contribution in [0.4, 0.5) is 0 Å². The van der Waals surface area contributed by atoms with E-state index in [0.29, 0.717) is 25.7 Å². The third-order valence-electron chi connectivity index (χ3n) is 13.8. The van der Waals surface area contributed by atoms with Crippen LogP contribution in [0, 0.1) is 5.92 Å². The van der Waals surface area contributed by atoms with Crippen molar-refractivity contribution in [1.82, 2.24) is 0 Å². The number of hydrogen-bond acceptors (Lipinski definition) is 15. The summed E-state index contributed by atoms with van der Waals surface area (Å²) in [6, 6.07) is 0. The van der Waals surface area contributed by atoms with E-state index in [1.807, 2.05) is 0 Å². The molecule has 0 bridgehead atoms. The van der Waals surface area contributed by atoms with Gasteiger partial charge in [-0.2, -0.15) is 0 Å². The summed E-state index contributed by atoms with van der Waals surface area (Å²) in [5.74, 6) is -1.39. The van der Waals surface area contributed by atoms with Gasteiger partial charge in [0.25, 0.3) is 0 Å². The quantitative estimate of drug-likeness (QED) is 0.0222. The summed E-state index contributed by atoms with van der Waals surface area (Å²) in [7, 11) is -9.86. The molecule has 0 aromatic heterocycles. The Morgan fingerprint density at radius 1 is 0.342 bits per heavy atom. The van der Waals surface area contributed by atoms with Crippen LogP contribution in [0.1, 0.15) is 298 Å². The number of carbonyl (C=O) groups is 4. The van der Waals surface area contributed by atoms with E-state index in [4.69, 9.17) is 37.0 Å². The number of esters is 4. The summed E-state index contributed by atoms with van der Waals surface area (Å²) in [6.07, 6.45) is 37.0. The number of phosphoric acid groups is 2. The summed E-state index contributed by atoms with van der Waals surface area (Å²) in [4.78, 5) is 71.5. The Bertz CT molecular complexity index is 1550. The van der Waals surface area contributed by atoms with E-state index in [9.17, 15) is 43.2 Å². The van der Waals surface area contributed by atoms with E-state index in [1.165, 1.54) is 116 Å². The lowest BCUT2D eigenvalue weighted by Gasteiger charge is -2.21. The molecule has 0 rings (SSSR count). The molecule has 0 saturated heterocycles. The zero-order valence-electron chi connectivity index (χ0n) is 50.5. The number of aliphatic hydroxyl groups is 1. The average molecular weight is 1170 g/mol. The molecule has 2 unspecified atom stereocenters. The molecular weight excluding hydrogens is 1050 g/mol. The van der Waals surface area contributed by atoms with Crippen LogP contribution in [-0.2, 0) is 65.4 Å². The van der Waals surface area contributed by atoms with Gasteiger partial charge in [-0.15, -0.1) is 0 Å². The zero-order valence-corrected chi connectivity index (χ0v) is 52.3. The first-order chi connectivity index (χ1) is 38.0. The highest BCUT2D eigenvalue weighted by atomic mass is 31.2. The molecule has 5 atom stereocenters. The lowest BCUT2D eigenvalue weighted by Crippen LogP contribution is -2.30. The zero-order chi connectivity index (χ0) is 58.5. The Kier molecular flexibility index (Phi) is 52.7. The fraction of sp³-hybridized carbons (Fsp3) is 0.933. The summed E-state index contributed by atoms with van der Waals surface area (Å²) < 4.78 is 67.4. The molecule has 0 spiro atoms. The largest absolute Gasteiger partial charge is 0.472 e. The minimum Gasteiger partial charge on any atom is -0.462 e. The van der Waals surface area contributed by atoms with Crippen molar-refractivity contribution in [2.24, 2.45) is 5.92 Å². The maximum atomic E-state index is 12.9. The Morgan fingerprint density at radius 3 is 0.861 bits per heavy atom. The van der Waals surface area contributed by atoms with Gasteiger partial charge in [0.2, 0.25) is 0 Å². The van der Waals surface area contributed by atoms with Gasteiger partial charge in [0.1, 0.15) is 19.3 Å². The SMILES string of the molecule is CCCCCCCCCCCCCCCCCC(=O)O[C@H](COC(=O)CCCCCCCCCCCCCC(C)C)COP(=O)(O)OC[C@@H](O)COP(=O)(O)OC[C@@H](COC(=O)CCCCCCC)OC(=O)CCCCCCC. The minimum atomic E-state index is -4.94. The van der Waals surface area contributed by atoms with Crippen LogP contribution in [0.3, 0.4) is 0 Å². The van der Waals surface area contributed by atoms with Gasteiger partial charge in [0.15, 0.2) is 12.2 Å². The second-order valence-corrected chi connectivity index (χ2v) is 25.1. The molecule has 0 saturated carbocycles. The van der Waals surface area contributed by atoms with E-state index in [-0.39, 0.29) is 25.7 Å². The van der Waals surface area contributed by atoms with Crippen LogP contribution < -0.4 is 0 Å². The van der Waals surface area contributed by atoms with Crippen LogP contribution in [0.5, 0.6) is 0 Å². The molecule has 0 radical (unpaired) electrons. The van der Waals surface area contributed by atoms with Gasteiger partial charge >= 0.3 is 39.5 Å². The first-order valence-corrected chi connectivity index (χ1v) is 34.6. The van der Waals surface area contributed by atoms with E-state index < -0.39 is 97.5 Å². The molecular formula is C60H116O17P2. The molecule has 0 aliphatic rings. The number of unbranched alkanes of at least 4 members (excludes halogenated alkanes) is 32. The van der Waals surface area contributed by atoms with Crippen molar-refractivity contribution in [3.63, 3.8) is 0 Å². The average Bonchev–Trinajstić information content (AvgIpc) is 3.41. The Hall–Kier alpha value is -1.94. The first kappa shape index (κ1) is 77.1. The number of ether oxygens (including phenoxy) is 4. The third-order valence-corrected chi connectivity index (χ3v) is 15.7. The number of phosphoric ester groups is 2. The van der Waals surface area contributed by atoms with Gasteiger partial charge in [0, 0.05) is 25.7 Å². The maximum Gasteiger partial charge on any atom is 0.472 e. The van der Waals surface area contributed by atoms with Crippen LogP contribution in [0.2, 0.25) is 0 Å². The van der Waals surface area contributed by atoms with Crippen molar-refractivity contribution in [1.29, 1.82) is 0 Å². The van der Waals surface area contributed by atoms with Crippen molar-refractivity contribution in [3.8, 4) is 0 Å². The van der Waals surface area contributed by atoms with Crippen LogP contribution >= 0.6 is 15.6 Å². The molecule has 19 heteroatoms.